The maximum atomic E-state index is 14.6. The number of rotatable bonds is 10. The number of halogens is 3. The molecule has 7 heteroatoms. The molecule has 35 heavy (non-hydrogen) atoms. The van der Waals surface area contributed by atoms with E-state index in [1.54, 1.807) is 36.4 Å². The Hall–Kier alpha value is -2.89. The van der Waals surface area contributed by atoms with Crippen molar-refractivity contribution in [3.05, 3.63) is 105 Å². The fraction of sp³-hybridized carbons (Fsp3) is 0.286. The molecular formula is C28H29Cl2FN2O2. The summed E-state index contributed by atoms with van der Waals surface area (Å²) in [6.07, 6.45) is 0.292. The Kier molecular flexibility index (Phi) is 9.70. The molecule has 0 aromatic heterocycles. The van der Waals surface area contributed by atoms with Gasteiger partial charge in [0.25, 0.3) is 0 Å². The molecule has 3 aromatic rings. The molecule has 0 aliphatic carbocycles. The van der Waals surface area contributed by atoms with Crippen LogP contribution in [0, 0.1) is 11.7 Å². The van der Waals surface area contributed by atoms with Gasteiger partial charge in [-0.2, -0.15) is 0 Å². The van der Waals surface area contributed by atoms with E-state index in [0.717, 1.165) is 5.56 Å². The van der Waals surface area contributed by atoms with E-state index in [4.69, 9.17) is 23.2 Å². The Bertz CT molecular complexity index is 1150. The summed E-state index contributed by atoms with van der Waals surface area (Å²) in [5.41, 5.74) is 1.90. The SMILES string of the molecule is CC(C)CNC(=O)[C@@H](Cc1ccccc1)N(Cc1ccccc1F)C(=O)Cc1ccc(Cl)c(Cl)c1. The van der Waals surface area contributed by atoms with Crippen molar-refractivity contribution < 1.29 is 14.0 Å². The predicted molar refractivity (Wildman–Crippen MR) is 139 cm³/mol. The van der Waals surface area contributed by atoms with E-state index in [1.165, 1.54) is 11.0 Å². The lowest BCUT2D eigenvalue weighted by Gasteiger charge is -2.32. The maximum absolute atomic E-state index is 14.6. The predicted octanol–water partition coefficient (Wildman–Crippen LogP) is 6.09. The molecule has 0 heterocycles. The topological polar surface area (TPSA) is 49.4 Å². The van der Waals surface area contributed by atoms with E-state index in [9.17, 15) is 14.0 Å². The van der Waals surface area contributed by atoms with Crippen molar-refractivity contribution in [1.29, 1.82) is 0 Å². The lowest BCUT2D eigenvalue weighted by molar-refractivity contribution is -0.140. The lowest BCUT2D eigenvalue weighted by atomic mass is 10.0. The van der Waals surface area contributed by atoms with Crippen LogP contribution in [0.2, 0.25) is 10.0 Å². The normalized spacial score (nSPS) is 11.8. The molecule has 3 rings (SSSR count). The highest BCUT2D eigenvalue weighted by Gasteiger charge is 2.31. The van der Waals surface area contributed by atoms with Crippen LogP contribution in [0.25, 0.3) is 0 Å². The number of nitrogens with zero attached hydrogens (tertiary/aromatic N) is 1. The Balaban J connectivity index is 1.98. The second-order valence-corrected chi connectivity index (χ2v) is 9.70. The third kappa shape index (κ3) is 7.81. The molecular weight excluding hydrogens is 486 g/mol. The minimum absolute atomic E-state index is 0.00586. The van der Waals surface area contributed by atoms with Gasteiger partial charge in [0, 0.05) is 25.1 Å². The second-order valence-electron chi connectivity index (χ2n) is 8.88. The van der Waals surface area contributed by atoms with Gasteiger partial charge in [0.05, 0.1) is 16.5 Å². The summed E-state index contributed by atoms with van der Waals surface area (Å²) in [5, 5.41) is 3.68. The monoisotopic (exact) mass is 514 g/mol. The minimum atomic E-state index is -0.828. The average Bonchev–Trinajstić information content (AvgIpc) is 2.83. The summed E-state index contributed by atoms with van der Waals surface area (Å²) in [6.45, 7) is 4.43. The van der Waals surface area contributed by atoms with Gasteiger partial charge in [-0.3, -0.25) is 9.59 Å². The van der Waals surface area contributed by atoms with Gasteiger partial charge >= 0.3 is 0 Å². The highest BCUT2D eigenvalue weighted by Crippen LogP contribution is 2.24. The van der Waals surface area contributed by atoms with Crippen LogP contribution < -0.4 is 5.32 Å². The van der Waals surface area contributed by atoms with Crippen LogP contribution in [0.3, 0.4) is 0 Å². The first-order valence-corrected chi connectivity index (χ1v) is 12.3. The van der Waals surface area contributed by atoms with Gasteiger partial charge in [0.15, 0.2) is 0 Å². The molecule has 0 aliphatic heterocycles. The molecule has 4 nitrogen and oxygen atoms in total. The third-order valence-electron chi connectivity index (χ3n) is 5.59. The van der Waals surface area contributed by atoms with Crippen LogP contribution in [0.4, 0.5) is 4.39 Å². The summed E-state index contributed by atoms with van der Waals surface area (Å²) in [6, 6.07) is 19.9. The standard InChI is InChI=1S/C28H29Cl2FN2O2/c1-19(2)17-32-28(35)26(15-20-8-4-3-5-9-20)33(18-22-10-6-7-11-25(22)31)27(34)16-21-12-13-23(29)24(30)14-21/h3-14,19,26H,15-18H2,1-2H3,(H,32,35)/t26-/m1/s1. The zero-order valence-electron chi connectivity index (χ0n) is 19.8. The van der Waals surface area contributed by atoms with Crippen molar-refractivity contribution in [1.82, 2.24) is 10.2 Å². The summed E-state index contributed by atoms with van der Waals surface area (Å²) in [4.78, 5) is 28.5. The fourth-order valence-electron chi connectivity index (χ4n) is 3.71. The molecule has 0 aliphatic rings. The van der Waals surface area contributed by atoms with Crippen LogP contribution in [0.15, 0.2) is 72.8 Å². The van der Waals surface area contributed by atoms with Crippen LogP contribution >= 0.6 is 23.2 Å². The van der Waals surface area contributed by atoms with E-state index in [-0.39, 0.29) is 30.7 Å². The number of amides is 2. The molecule has 184 valence electrons. The number of nitrogens with one attached hydrogen (secondary N) is 1. The molecule has 1 N–H and O–H groups in total. The second kappa shape index (κ2) is 12.7. The van der Waals surface area contributed by atoms with Gasteiger partial charge in [-0.1, -0.05) is 91.6 Å². The molecule has 3 aromatic carbocycles. The smallest absolute Gasteiger partial charge is 0.243 e. The van der Waals surface area contributed by atoms with E-state index in [1.807, 2.05) is 44.2 Å². The van der Waals surface area contributed by atoms with Gasteiger partial charge in [0.1, 0.15) is 11.9 Å². The van der Waals surface area contributed by atoms with Gasteiger partial charge in [-0.15, -0.1) is 0 Å². The van der Waals surface area contributed by atoms with E-state index in [2.05, 4.69) is 5.32 Å². The minimum Gasteiger partial charge on any atom is -0.354 e. The summed E-state index contributed by atoms with van der Waals surface area (Å²) >= 11 is 12.2. The molecule has 0 unspecified atom stereocenters. The molecule has 1 atom stereocenters. The Morgan fingerprint density at radius 1 is 0.914 bits per heavy atom. The largest absolute Gasteiger partial charge is 0.354 e. The average molecular weight is 515 g/mol. The first-order valence-electron chi connectivity index (χ1n) is 11.5. The van der Waals surface area contributed by atoms with Gasteiger partial charge < -0.3 is 10.2 Å². The van der Waals surface area contributed by atoms with E-state index >= 15 is 0 Å². The molecule has 0 spiro atoms. The lowest BCUT2D eigenvalue weighted by Crippen LogP contribution is -2.51. The number of carbonyl (C=O) groups is 2. The number of hydrogen-bond acceptors (Lipinski definition) is 2. The van der Waals surface area contributed by atoms with Crippen molar-refractivity contribution in [2.45, 2.75) is 39.3 Å². The molecule has 0 radical (unpaired) electrons. The molecule has 0 saturated heterocycles. The first-order chi connectivity index (χ1) is 16.7. The quantitative estimate of drug-likeness (QED) is 0.356. The van der Waals surface area contributed by atoms with Crippen molar-refractivity contribution in [3.63, 3.8) is 0 Å². The summed E-state index contributed by atoms with van der Waals surface area (Å²) < 4.78 is 14.6. The number of benzene rings is 3. The third-order valence-corrected chi connectivity index (χ3v) is 6.33. The van der Waals surface area contributed by atoms with Crippen molar-refractivity contribution in [2.24, 2.45) is 5.92 Å². The van der Waals surface area contributed by atoms with Gasteiger partial charge in [-0.05, 0) is 35.2 Å². The van der Waals surface area contributed by atoms with Gasteiger partial charge in [-0.25, -0.2) is 4.39 Å². The Morgan fingerprint density at radius 3 is 2.26 bits per heavy atom. The molecule has 2 amide bonds. The van der Waals surface area contributed by atoms with Crippen LogP contribution in [-0.2, 0) is 29.0 Å². The Morgan fingerprint density at radius 2 is 1.60 bits per heavy atom. The van der Waals surface area contributed by atoms with Crippen molar-refractivity contribution in [3.8, 4) is 0 Å². The fourth-order valence-corrected chi connectivity index (χ4v) is 4.03. The first kappa shape index (κ1) is 26.7. The highest BCUT2D eigenvalue weighted by atomic mass is 35.5. The van der Waals surface area contributed by atoms with Crippen LogP contribution in [-0.4, -0.2) is 29.3 Å². The van der Waals surface area contributed by atoms with Crippen molar-refractivity contribution >= 4 is 35.0 Å². The maximum Gasteiger partial charge on any atom is 0.243 e. The zero-order valence-corrected chi connectivity index (χ0v) is 21.3. The molecule has 0 fully saturated rings. The van der Waals surface area contributed by atoms with Crippen LogP contribution in [0.5, 0.6) is 0 Å². The Labute approximate surface area is 216 Å². The summed E-state index contributed by atoms with van der Waals surface area (Å²) in [5.74, 6) is -0.780. The number of hydrogen-bond donors (Lipinski definition) is 1. The van der Waals surface area contributed by atoms with Gasteiger partial charge in [0.2, 0.25) is 11.8 Å². The summed E-state index contributed by atoms with van der Waals surface area (Å²) in [7, 11) is 0. The van der Waals surface area contributed by atoms with Crippen molar-refractivity contribution in [2.75, 3.05) is 6.54 Å². The zero-order chi connectivity index (χ0) is 25.4. The molecule has 0 bridgehead atoms. The van der Waals surface area contributed by atoms with E-state index in [0.29, 0.717) is 34.1 Å². The van der Waals surface area contributed by atoms with E-state index < -0.39 is 11.9 Å². The number of carbonyl (C=O) groups excluding carboxylic acids is 2. The van der Waals surface area contributed by atoms with Crippen LogP contribution in [0.1, 0.15) is 30.5 Å². The highest BCUT2D eigenvalue weighted by molar-refractivity contribution is 6.42. The molecule has 0 saturated carbocycles.